The van der Waals surface area contributed by atoms with E-state index < -0.39 is 0 Å². The van der Waals surface area contributed by atoms with Crippen LogP contribution in [0.3, 0.4) is 0 Å². The molecule has 0 aromatic carbocycles. The van der Waals surface area contributed by atoms with Gasteiger partial charge in [-0.25, -0.2) is 0 Å². The maximum atomic E-state index is 3.83. The Morgan fingerprint density at radius 3 is 1.95 bits per heavy atom. The van der Waals surface area contributed by atoms with E-state index in [1.54, 1.807) is 0 Å². The fourth-order valence-electron chi connectivity index (χ4n) is 2.82. The van der Waals surface area contributed by atoms with E-state index in [1.165, 1.54) is 83.8 Å². The van der Waals surface area contributed by atoms with Crippen molar-refractivity contribution in [1.82, 2.24) is 9.80 Å². The van der Waals surface area contributed by atoms with E-state index in [0.717, 1.165) is 6.67 Å². The Bertz CT molecular complexity index is 215. The lowest BCUT2D eigenvalue weighted by atomic mass is 10.1. The molecule has 1 heterocycles. The zero-order valence-electron chi connectivity index (χ0n) is 13.1. The summed E-state index contributed by atoms with van der Waals surface area (Å²) in [5.74, 6) is 0. The fraction of sp³-hybridized carbons (Fsp3) is 0.882. The maximum absolute atomic E-state index is 3.83. The highest BCUT2D eigenvalue weighted by Crippen LogP contribution is 2.12. The molecule has 1 fully saturated rings. The lowest BCUT2D eigenvalue weighted by Crippen LogP contribution is -2.23. The summed E-state index contributed by atoms with van der Waals surface area (Å²) >= 11 is 0. The molecular formula is C17H34N2. The molecule has 0 bridgehead atoms. The molecule has 0 aromatic rings. The SMILES string of the molecule is C=CN1CCN(CCCCCCCCCCCC)C1. The summed E-state index contributed by atoms with van der Waals surface area (Å²) in [6.45, 7) is 10.9. The minimum atomic E-state index is 1.10. The van der Waals surface area contributed by atoms with Crippen LogP contribution in [0.4, 0.5) is 0 Å². The Morgan fingerprint density at radius 2 is 1.42 bits per heavy atom. The van der Waals surface area contributed by atoms with Gasteiger partial charge >= 0.3 is 0 Å². The van der Waals surface area contributed by atoms with Gasteiger partial charge < -0.3 is 4.90 Å². The third kappa shape index (κ3) is 8.30. The molecule has 0 atom stereocenters. The zero-order chi connectivity index (χ0) is 13.8. The van der Waals surface area contributed by atoms with Crippen LogP contribution in [-0.2, 0) is 0 Å². The van der Waals surface area contributed by atoms with Crippen molar-refractivity contribution in [3.05, 3.63) is 12.8 Å². The van der Waals surface area contributed by atoms with Crippen LogP contribution in [0.5, 0.6) is 0 Å². The topological polar surface area (TPSA) is 6.48 Å². The summed E-state index contributed by atoms with van der Waals surface area (Å²) in [7, 11) is 0. The molecule has 0 aromatic heterocycles. The van der Waals surface area contributed by atoms with E-state index in [0.29, 0.717) is 0 Å². The van der Waals surface area contributed by atoms with Gasteiger partial charge in [0.05, 0.1) is 6.67 Å². The highest BCUT2D eigenvalue weighted by Gasteiger charge is 2.15. The van der Waals surface area contributed by atoms with Crippen molar-refractivity contribution in [3.63, 3.8) is 0 Å². The molecular weight excluding hydrogens is 232 g/mol. The van der Waals surface area contributed by atoms with E-state index in [4.69, 9.17) is 0 Å². The summed E-state index contributed by atoms with van der Waals surface area (Å²) in [6, 6.07) is 0. The first-order chi connectivity index (χ1) is 9.36. The smallest absolute Gasteiger partial charge is 0.0702 e. The predicted molar refractivity (Wildman–Crippen MR) is 85.2 cm³/mol. The highest BCUT2D eigenvalue weighted by molar-refractivity contribution is 4.78. The Morgan fingerprint density at radius 1 is 0.842 bits per heavy atom. The standard InChI is InChI=1S/C17H34N2/c1-3-5-6-7-8-9-10-11-12-13-14-19-16-15-18(4-2)17-19/h4H,2-3,5-17H2,1H3. The molecule has 112 valence electrons. The second-order valence-corrected chi connectivity index (χ2v) is 5.94. The van der Waals surface area contributed by atoms with Gasteiger partial charge in [-0.3, -0.25) is 4.90 Å². The number of unbranched alkanes of at least 4 members (excludes halogenated alkanes) is 9. The Balaban J connectivity index is 1.78. The minimum absolute atomic E-state index is 1.10. The van der Waals surface area contributed by atoms with E-state index in [9.17, 15) is 0 Å². The summed E-state index contributed by atoms with van der Waals surface area (Å²) in [5, 5.41) is 0. The lowest BCUT2D eigenvalue weighted by Gasteiger charge is -2.15. The van der Waals surface area contributed by atoms with Gasteiger partial charge in [-0.15, -0.1) is 0 Å². The van der Waals surface area contributed by atoms with Gasteiger partial charge in [-0.2, -0.15) is 0 Å². The third-order valence-electron chi connectivity index (χ3n) is 4.17. The van der Waals surface area contributed by atoms with Crippen molar-refractivity contribution in [2.75, 3.05) is 26.3 Å². The van der Waals surface area contributed by atoms with E-state index in [1.807, 2.05) is 6.20 Å². The monoisotopic (exact) mass is 266 g/mol. The summed E-state index contributed by atoms with van der Waals surface area (Å²) in [6.07, 6.45) is 16.3. The second kappa shape index (κ2) is 11.3. The summed E-state index contributed by atoms with van der Waals surface area (Å²) in [5.41, 5.74) is 0. The Kier molecular flexibility index (Phi) is 9.88. The number of hydrogen-bond donors (Lipinski definition) is 0. The predicted octanol–water partition coefficient (Wildman–Crippen LogP) is 4.63. The fourth-order valence-corrected chi connectivity index (χ4v) is 2.82. The van der Waals surface area contributed by atoms with Crippen molar-refractivity contribution < 1.29 is 0 Å². The molecule has 2 nitrogen and oxygen atoms in total. The van der Waals surface area contributed by atoms with Gasteiger partial charge in [0.2, 0.25) is 0 Å². The van der Waals surface area contributed by atoms with Crippen LogP contribution in [-0.4, -0.2) is 36.1 Å². The lowest BCUT2D eigenvalue weighted by molar-refractivity contribution is 0.282. The van der Waals surface area contributed by atoms with Crippen LogP contribution >= 0.6 is 0 Å². The molecule has 1 rings (SSSR count). The van der Waals surface area contributed by atoms with Crippen molar-refractivity contribution in [3.8, 4) is 0 Å². The first-order valence-electron chi connectivity index (χ1n) is 8.45. The maximum Gasteiger partial charge on any atom is 0.0702 e. The molecule has 0 aliphatic carbocycles. The van der Waals surface area contributed by atoms with Gasteiger partial charge in [-0.05, 0) is 19.2 Å². The highest BCUT2D eigenvalue weighted by atomic mass is 15.4. The Hall–Kier alpha value is -0.500. The number of rotatable bonds is 12. The Labute approximate surface area is 120 Å². The van der Waals surface area contributed by atoms with Crippen LogP contribution in [0, 0.1) is 0 Å². The van der Waals surface area contributed by atoms with Crippen LogP contribution in [0.2, 0.25) is 0 Å². The van der Waals surface area contributed by atoms with Crippen molar-refractivity contribution >= 4 is 0 Å². The average Bonchev–Trinajstić information content (AvgIpc) is 2.89. The number of nitrogens with zero attached hydrogens (tertiary/aromatic N) is 2. The van der Waals surface area contributed by atoms with Crippen molar-refractivity contribution in [1.29, 1.82) is 0 Å². The second-order valence-electron chi connectivity index (χ2n) is 5.94. The van der Waals surface area contributed by atoms with Gasteiger partial charge in [-0.1, -0.05) is 71.3 Å². The molecule has 0 saturated carbocycles. The average molecular weight is 266 g/mol. The molecule has 0 unspecified atom stereocenters. The van der Waals surface area contributed by atoms with Crippen LogP contribution in [0.1, 0.15) is 71.1 Å². The van der Waals surface area contributed by atoms with Crippen LogP contribution < -0.4 is 0 Å². The van der Waals surface area contributed by atoms with Crippen molar-refractivity contribution in [2.45, 2.75) is 71.1 Å². The zero-order valence-corrected chi connectivity index (χ0v) is 13.1. The third-order valence-corrected chi connectivity index (χ3v) is 4.17. The van der Waals surface area contributed by atoms with Gasteiger partial charge in [0.1, 0.15) is 0 Å². The quantitative estimate of drug-likeness (QED) is 0.475. The van der Waals surface area contributed by atoms with Gasteiger partial charge in [0, 0.05) is 13.1 Å². The molecule has 2 heteroatoms. The normalized spacial score (nSPS) is 16.2. The number of hydrogen-bond acceptors (Lipinski definition) is 2. The van der Waals surface area contributed by atoms with E-state index >= 15 is 0 Å². The molecule has 1 aliphatic rings. The van der Waals surface area contributed by atoms with E-state index in [-0.39, 0.29) is 0 Å². The van der Waals surface area contributed by atoms with Crippen LogP contribution in [0.25, 0.3) is 0 Å². The molecule has 1 saturated heterocycles. The molecule has 0 radical (unpaired) electrons. The summed E-state index contributed by atoms with van der Waals surface area (Å²) < 4.78 is 0. The summed E-state index contributed by atoms with van der Waals surface area (Å²) in [4.78, 5) is 4.85. The molecule has 19 heavy (non-hydrogen) atoms. The van der Waals surface area contributed by atoms with Gasteiger partial charge in [0.25, 0.3) is 0 Å². The van der Waals surface area contributed by atoms with Crippen molar-refractivity contribution in [2.24, 2.45) is 0 Å². The minimum Gasteiger partial charge on any atom is -0.364 e. The molecule has 0 amide bonds. The largest absolute Gasteiger partial charge is 0.364 e. The first-order valence-corrected chi connectivity index (χ1v) is 8.45. The van der Waals surface area contributed by atoms with Gasteiger partial charge in [0.15, 0.2) is 0 Å². The molecule has 0 spiro atoms. The first kappa shape index (κ1) is 16.6. The van der Waals surface area contributed by atoms with E-state index in [2.05, 4.69) is 23.3 Å². The molecule has 0 N–H and O–H groups in total. The molecule has 1 aliphatic heterocycles. The van der Waals surface area contributed by atoms with Crippen LogP contribution in [0.15, 0.2) is 12.8 Å².